The number of amides is 1. The Morgan fingerprint density at radius 2 is 2.18 bits per heavy atom. The molecule has 4 nitrogen and oxygen atoms in total. The van der Waals surface area contributed by atoms with Crippen molar-refractivity contribution < 1.29 is 4.79 Å². The number of anilines is 1. The third-order valence-electron chi connectivity index (χ3n) is 3.09. The lowest BCUT2D eigenvalue weighted by molar-refractivity contribution is -0.127. The van der Waals surface area contributed by atoms with E-state index in [2.05, 4.69) is 17.0 Å². The van der Waals surface area contributed by atoms with E-state index < -0.39 is 0 Å². The number of hydrogen-bond acceptors (Lipinski definition) is 3. The highest BCUT2D eigenvalue weighted by molar-refractivity contribution is 5.81. The largest absolute Gasteiger partial charge is 0.360 e. The van der Waals surface area contributed by atoms with Crippen LogP contribution in [0.25, 0.3) is 0 Å². The van der Waals surface area contributed by atoms with Crippen molar-refractivity contribution in [2.45, 2.75) is 12.5 Å². The average molecular weight is 233 g/mol. The van der Waals surface area contributed by atoms with Gasteiger partial charge in [0.1, 0.15) is 0 Å². The lowest BCUT2D eigenvalue weighted by Crippen LogP contribution is -2.47. The van der Waals surface area contributed by atoms with Gasteiger partial charge in [-0.2, -0.15) is 0 Å². The van der Waals surface area contributed by atoms with Gasteiger partial charge in [0, 0.05) is 32.4 Å². The predicted octanol–water partition coefficient (Wildman–Crippen LogP) is 0.465. The van der Waals surface area contributed by atoms with Gasteiger partial charge < -0.3 is 15.5 Å². The molecule has 2 N–H and O–H groups in total. The van der Waals surface area contributed by atoms with E-state index in [-0.39, 0.29) is 11.9 Å². The van der Waals surface area contributed by atoms with Gasteiger partial charge in [-0.3, -0.25) is 4.79 Å². The second-order valence-electron chi connectivity index (χ2n) is 4.76. The summed E-state index contributed by atoms with van der Waals surface area (Å²) in [4.78, 5) is 15.5. The molecule has 0 aliphatic carbocycles. The lowest BCUT2D eigenvalue weighted by atomic mass is 9.98. The number of benzene rings is 1. The molecule has 1 amide bonds. The molecule has 0 spiro atoms. The molecule has 1 aromatic rings. The van der Waals surface area contributed by atoms with Crippen molar-refractivity contribution in [3.05, 3.63) is 29.8 Å². The minimum Gasteiger partial charge on any atom is -0.360 e. The Hall–Kier alpha value is -1.55. The van der Waals surface area contributed by atoms with E-state index in [9.17, 15) is 4.79 Å². The van der Waals surface area contributed by atoms with E-state index in [1.807, 2.05) is 12.1 Å². The summed E-state index contributed by atoms with van der Waals surface area (Å²) in [6.07, 6.45) is 0.892. The standard InChI is InChI=1S/C13H19N3O/c1-15(2)13(17)9-16-8-11(14)7-10-5-3-4-6-12(10)16/h3-6,11H,7-9,14H2,1-2H3. The molecule has 0 bridgehead atoms. The molecule has 0 radical (unpaired) electrons. The first-order valence-electron chi connectivity index (χ1n) is 5.86. The summed E-state index contributed by atoms with van der Waals surface area (Å²) in [7, 11) is 3.55. The van der Waals surface area contributed by atoms with Crippen molar-refractivity contribution in [3.8, 4) is 0 Å². The van der Waals surface area contributed by atoms with Crippen LogP contribution in [0.4, 0.5) is 5.69 Å². The van der Waals surface area contributed by atoms with Gasteiger partial charge in [-0.1, -0.05) is 18.2 Å². The smallest absolute Gasteiger partial charge is 0.241 e. The SMILES string of the molecule is CN(C)C(=O)CN1CC(N)Cc2ccccc21. The first kappa shape index (κ1) is 11.9. The molecule has 1 heterocycles. The van der Waals surface area contributed by atoms with Gasteiger partial charge in [0.05, 0.1) is 6.54 Å². The number of para-hydroxylation sites is 1. The van der Waals surface area contributed by atoms with Crippen LogP contribution in [0, 0.1) is 0 Å². The zero-order chi connectivity index (χ0) is 12.4. The number of fused-ring (bicyclic) bond motifs is 1. The van der Waals surface area contributed by atoms with Crippen LogP contribution in [-0.2, 0) is 11.2 Å². The van der Waals surface area contributed by atoms with Crippen LogP contribution in [-0.4, -0.2) is 44.0 Å². The molecule has 1 aliphatic rings. The number of carbonyl (C=O) groups is 1. The van der Waals surface area contributed by atoms with Crippen molar-refractivity contribution >= 4 is 11.6 Å². The van der Waals surface area contributed by atoms with Gasteiger partial charge in [0.25, 0.3) is 0 Å². The van der Waals surface area contributed by atoms with Gasteiger partial charge >= 0.3 is 0 Å². The number of nitrogens with two attached hydrogens (primary N) is 1. The first-order valence-corrected chi connectivity index (χ1v) is 5.86. The molecule has 0 aromatic heterocycles. The number of carbonyl (C=O) groups excluding carboxylic acids is 1. The molecule has 1 aromatic carbocycles. The summed E-state index contributed by atoms with van der Waals surface area (Å²) in [5.74, 6) is 0.105. The van der Waals surface area contributed by atoms with Gasteiger partial charge in [-0.25, -0.2) is 0 Å². The highest BCUT2D eigenvalue weighted by Crippen LogP contribution is 2.25. The predicted molar refractivity (Wildman–Crippen MR) is 69.0 cm³/mol. The minimum atomic E-state index is 0.105. The van der Waals surface area contributed by atoms with Crippen LogP contribution >= 0.6 is 0 Å². The monoisotopic (exact) mass is 233 g/mol. The van der Waals surface area contributed by atoms with E-state index >= 15 is 0 Å². The first-order chi connectivity index (χ1) is 8.08. The van der Waals surface area contributed by atoms with Crippen LogP contribution < -0.4 is 10.6 Å². The maximum absolute atomic E-state index is 11.8. The summed E-state index contributed by atoms with van der Waals surface area (Å²) >= 11 is 0. The van der Waals surface area contributed by atoms with E-state index in [1.54, 1.807) is 19.0 Å². The summed E-state index contributed by atoms with van der Waals surface area (Å²) < 4.78 is 0. The Labute approximate surface area is 102 Å². The van der Waals surface area contributed by atoms with Crippen LogP contribution in [0.3, 0.4) is 0 Å². The van der Waals surface area contributed by atoms with Crippen LogP contribution in [0.2, 0.25) is 0 Å². The number of hydrogen-bond donors (Lipinski definition) is 1. The summed E-state index contributed by atoms with van der Waals surface area (Å²) in [5.41, 5.74) is 8.40. The fourth-order valence-corrected chi connectivity index (χ4v) is 2.17. The highest BCUT2D eigenvalue weighted by atomic mass is 16.2. The Kier molecular flexibility index (Phi) is 3.33. The number of rotatable bonds is 2. The maximum atomic E-state index is 11.8. The van der Waals surface area contributed by atoms with Crippen molar-refractivity contribution in [1.29, 1.82) is 0 Å². The number of likely N-dealkylation sites (N-methyl/N-ethyl adjacent to an activating group) is 1. The zero-order valence-corrected chi connectivity index (χ0v) is 10.4. The Bertz CT molecular complexity index is 417. The Morgan fingerprint density at radius 3 is 2.88 bits per heavy atom. The number of nitrogens with zero attached hydrogens (tertiary/aromatic N) is 2. The summed E-state index contributed by atoms with van der Waals surface area (Å²) in [5, 5.41) is 0. The van der Waals surface area contributed by atoms with E-state index in [1.165, 1.54) is 5.56 Å². The fraction of sp³-hybridized carbons (Fsp3) is 0.462. The average Bonchev–Trinajstić information content (AvgIpc) is 2.28. The molecular weight excluding hydrogens is 214 g/mol. The molecule has 0 saturated carbocycles. The van der Waals surface area contributed by atoms with Crippen molar-refractivity contribution in [3.63, 3.8) is 0 Å². The maximum Gasteiger partial charge on any atom is 0.241 e. The second-order valence-corrected chi connectivity index (χ2v) is 4.76. The van der Waals surface area contributed by atoms with E-state index in [0.717, 1.165) is 18.7 Å². The summed E-state index contributed by atoms with van der Waals surface area (Å²) in [6, 6.07) is 8.27. The fourth-order valence-electron chi connectivity index (χ4n) is 2.17. The minimum absolute atomic E-state index is 0.105. The van der Waals surface area contributed by atoms with E-state index in [0.29, 0.717) is 6.54 Å². The molecule has 0 fully saturated rings. The second kappa shape index (κ2) is 4.75. The van der Waals surface area contributed by atoms with Crippen LogP contribution in [0.1, 0.15) is 5.56 Å². The molecule has 17 heavy (non-hydrogen) atoms. The molecular formula is C13H19N3O. The molecule has 1 unspecified atom stereocenters. The molecule has 0 saturated heterocycles. The Morgan fingerprint density at radius 1 is 1.47 bits per heavy atom. The van der Waals surface area contributed by atoms with Crippen LogP contribution in [0.5, 0.6) is 0 Å². The van der Waals surface area contributed by atoms with Gasteiger partial charge in [-0.05, 0) is 18.1 Å². The third-order valence-corrected chi connectivity index (χ3v) is 3.09. The highest BCUT2D eigenvalue weighted by Gasteiger charge is 2.23. The molecule has 4 heteroatoms. The van der Waals surface area contributed by atoms with Gasteiger partial charge in [-0.15, -0.1) is 0 Å². The normalized spacial score (nSPS) is 18.8. The van der Waals surface area contributed by atoms with Crippen molar-refractivity contribution in [2.24, 2.45) is 5.73 Å². The topological polar surface area (TPSA) is 49.6 Å². The lowest BCUT2D eigenvalue weighted by Gasteiger charge is -2.34. The van der Waals surface area contributed by atoms with Gasteiger partial charge in [0.2, 0.25) is 5.91 Å². The van der Waals surface area contributed by atoms with Crippen molar-refractivity contribution in [1.82, 2.24) is 4.90 Å². The van der Waals surface area contributed by atoms with Crippen LogP contribution in [0.15, 0.2) is 24.3 Å². The quantitative estimate of drug-likeness (QED) is 0.807. The molecule has 92 valence electrons. The molecule has 2 rings (SSSR count). The zero-order valence-electron chi connectivity index (χ0n) is 10.4. The molecule has 1 atom stereocenters. The van der Waals surface area contributed by atoms with E-state index in [4.69, 9.17) is 5.73 Å². The van der Waals surface area contributed by atoms with Crippen molar-refractivity contribution in [2.75, 3.05) is 32.1 Å². The Balaban J connectivity index is 2.21. The third kappa shape index (κ3) is 2.58. The molecule has 1 aliphatic heterocycles. The summed E-state index contributed by atoms with van der Waals surface area (Å²) in [6.45, 7) is 1.15. The van der Waals surface area contributed by atoms with Gasteiger partial charge in [0.15, 0.2) is 0 Å².